The van der Waals surface area contributed by atoms with E-state index in [1.807, 2.05) is 34.6 Å². The molecule has 1 N–H and O–H groups in total. The van der Waals surface area contributed by atoms with E-state index in [1.54, 1.807) is 24.3 Å². The maximum Gasteiger partial charge on any atom is 0.338 e. The van der Waals surface area contributed by atoms with E-state index in [4.69, 9.17) is 52.5 Å². The third-order valence-corrected chi connectivity index (χ3v) is 10.5. The summed E-state index contributed by atoms with van der Waals surface area (Å²) < 4.78 is 54.8. The van der Waals surface area contributed by atoms with E-state index >= 15 is 0 Å². The molecule has 70 heavy (non-hydrogen) atoms. The zero-order valence-electron chi connectivity index (χ0n) is 41.4. The molecule has 3 rings (SSSR count). The van der Waals surface area contributed by atoms with Gasteiger partial charge in [-0.1, -0.05) is 6.92 Å². The second-order valence-electron chi connectivity index (χ2n) is 16.6. The van der Waals surface area contributed by atoms with Gasteiger partial charge < -0.3 is 52.5 Å². The molecule has 0 aromatic heterocycles. The van der Waals surface area contributed by atoms with Gasteiger partial charge in [0.05, 0.1) is 124 Å². The van der Waals surface area contributed by atoms with E-state index in [0.717, 1.165) is 32.1 Å². The van der Waals surface area contributed by atoms with Crippen LogP contribution in [0.25, 0.3) is 0 Å². The van der Waals surface area contributed by atoms with Gasteiger partial charge in [0, 0.05) is 25.7 Å². The Bertz CT molecular complexity index is 1840. The van der Waals surface area contributed by atoms with Crippen LogP contribution in [0.2, 0.25) is 0 Å². The second-order valence-corrected chi connectivity index (χ2v) is 16.6. The molecule has 386 valence electrons. The lowest BCUT2D eigenvalue weighted by atomic mass is 10.1. The van der Waals surface area contributed by atoms with Crippen LogP contribution in [0, 0.1) is 0 Å². The fourth-order valence-electron chi connectivity index (χ4n) is 6.37. The lowest BCUT2D eigenvalue weighted by Crippen LogP contribution is -2.17. The Kier molecular flexibility index (Phi) is 28.9. The van der Waals surface area contributed by atoms with E-state index < -0.39 is 35.8 Å². The molecule has 0 fully saturated rings. The van der Waals surface area contributed by atoms with Crippen LogP contribution in [0.15, 0.2) is 72.8 Å². The van der Waals surface area contributed by atoms with Crippen LogP contribution in [0.4, 0.5) is 0 Å². The van der Waals surface area contributed by atoms with E-state index in [0.29, 0.717) is 86.5 Å². The molecule has 0 saturated heterocycles. The summed E-state index contributed by atoms with van der Waals surface area (Å²) in [6, 6.07) is 18.2. The molecule has 0 aliphatic carbocycles. The normalized spacial score (nSPS) is 12.8. The summed E-state index contributed by atoms with van der Waals surface area (Å²) >= 11 is 0. The van der Waals surface area contributed by atoms with Crippen molar-refractivity contribution in [2.45, 2.75) is 117 Å². The zero-order chi connectivity index (χ0) is 50.9. The maximum absolute atomic E-state index is 12.6. The molecular weight excluding hydrogens is 909 g/mol. The number of hydrogen-bond donors (Lipinski definition) is 1. The summed E-state index contributed by atoms with van der Waals surface area (Å²) in [6.07, 6.45) is 5.88. The summed E-state index contributed by atoms with van der Waals surface area (Å²) in [6.45, 7) is 12.2. The summed E-state index contributed by atoms with van der Waals surface area (Å²) in [5.74, 6) is -2.97. The second kappa shape index (κ2) is 34.6. The highest BCUT2D eigenvalue weighted by molar-refractivity contribution is 5.95. The Labute approximate surface area is 411 Å². The Morgan fingerprint density at radius 1 is 0.343 bits per heavy atom. The summed E-state index contributed by atoms with van der Waals surface area (Å²) in [4.78, 5) is 73.5. The van der Waals surface area contributed by atoms with Crippen molar-refractivity contribution >= 4 is 35.8 Å². The first kappa shape index (κ1) is 58.6. The Morgan fingerprint density at radius 3 is 0.743 bits per heavy atom. The monoisotopic (exact) mass is 980 g/mol. The molecule has 17 heteroatoms. The van der Waals surface area contributed by atoms with Gasteiger partial charge in [-0.3, -0.25) is 0 Å². The van der Waals surface area contributed by atoms with Crippen molar-refractivity contribution < 1.29 is 81.2 Å². The number of rotatable bonds is 36. The van der Waals surface area contributed by atoms with Gasteiger partial charge in [0.15, 0.2) is 0 Å². The van der Waals surface area contributed by atoms with Crippen LogP contribution in [0.3, 0.4) is 0 Å². The summed E-state index contributed by atoms with van der Waals surface area (Å²) in [7, 11) is 0. The number of ether oxygens (including phenoxy) is 10. The first-order valence-corrected chi connectivity index (χ1v) is 24.2. The van der Waals surface area contributed by atoms with Crippen LogP contribution in [0.5, 0.6) is 0 Å². The standard InChI is InChI=1S/C53H72O17/c1-6-28-65-48(55)42-15-17-43(18-16-42)49(56)66-33-7-29-61-38(2)11-12-39(3)62-30-8-34-67-50(57)44-19-21-45(22-20-44)51(58)68-35-9-31-63-40(4)13-14-41(5)64-32-10-36-69-52(59)46-23-25-47(26-24-46)53(60)70-37-27-54/h15-26,38-41,54H,6-14,27-37H2,1-5H3. The number of carbonyl (C=O) groups excluding carboxylic acids is 6. The number of aliphatic hydroxyl groups excluding tert-OH is 1. The molecule has 3 aromatic rings. The van der Waals surface area contributed by atoms with Crippen molar-refractivity contribution in [3.8, 4) is 0 Å². The Balaban J connectivity index is 1.14. The van der Waals surface area contributed by atoms with Gasteiger partial charge in [-0.15, -0.1) is 0 Å². The predicted molar refractivity (Wildman–Crippen MR) is 257 cm³/mol. The minimum absolute atomic E-state index is 0.00736. The molecule has 0 heterocycles. The van der Waals surface area contributed by atoms with Crippen LogP contribution < -0.4 is 0 Å². The lowest BCUT2D eigenvalue weighted by molar-refractivity contribution is 0.0110. The number of hydrogen-bond acceptors (Lipinski definition) is 17. The highest BCUT2D eigenvalue weighted by Gasteiger charge is 2.16. The third-order valence-electron chi connectivity index (χ3n) is 10.5. The number of aliphatic hydroxyl groups is 1. The quantitative estimate of drug-likeness (QED) is 0.0330. The summed E-state index contributed by atoms with van der Waals surface area (Å²) in [5.41, 5.74) is 1.96. The first-order chi connectivity index (χ1) is 33.8. The van der Waals surface area contributed by atoms with Gasteiger partial charge in [0.25, 0.3) is 0 Å². The average molecular weight is 981 g/mol. The van der Waals surface area contributed by atoms with Crippen molar-refractivity contribution in [1.82, 2.24) is 0 Å². The number of esters is 6. The molecule has 0 saturated carbocycles. The summed E-state index contributed by atoms with van der Waals surface area (Å²) in [5, 5.41) is 8.77. The number of benzene rings is 3. The number of carbonyl (C=O) groups is 6. The smallest absolute Gasteiger partial charge is 0.338 e. The van der Waals surface area contributed by atoms with E-state index in [2.05, 4.69) is 0 Å². The Morgan fingerprint density at radius 2 is 0.543 bits per heavy atom. The van der Waals surface area contributed by atoms with Crippen molar-refractivity contribution in [3.63, 3.8) is 0 Å². The van der Waals surface area contributed by atoms with E-state index in [1.165, 1.54) is 48.5 Å². The highest BCUT2D eigenvalue weighted by atomic mass is 16.6. The van der Waals surface area contributed by atoms with Crippen molar-refractivity contribution in [1.29, 1.82) is 0 Å². The first-order valence-electron chi connectivity index (χ1n) is 24.2. The SMILES string of the molecule is CCCOC(=O)c1ccc(C(=O)OCCCOC(C)CCC(C)OCCCOC(=O)c2ccc(C(=O)OCCCOC(C)CCC(C)OCCCOC(=O)c3ccc(C(=O)OCCO)cc3)cc2)cc1. The van der Waals surface area contributed by atoms with Crippen LogP contribution in [-0.4, -0.2) is 138 Å². The lowest BCUT2D eigenvalue weighted by Gasteiger charge is -2.17. The zero-order valence-corrected chi connectivity index (χ0v) is 41.4. The van der Waals surface area contributed by atoms with Gasteiger partial charge in [0.2, 0.25) is 0 Å². The fraction of sp³-hybridized carbons (Fsp3) is 0.547. The minimum atomic E-state index is -0.581. The Hall–Kier alpha value is -5.72. The minimum Gasteiger partial charge on any atom is -0.462 e. The predicted octanol–water partition coefficient (Wildman–Crippen LogP) is 8.17. The molecule has 17 nitrogen and oxygen atoms in total. The topological polar surface area (TPSA) is 215 Å². The largest absolute Gasteiger partial charge is 0.462 e. The van der Waals surface area contributed by atoms with E-state index in [-0.39, 0.29) is 69.6 Å². The van der Waals surface area contributed by atoms with Crippen molar-refractivity contribution in [3.05, 3.63) is 106 Å². The molecule has 0 aliphatic heterocycles. The molecule has 0 aliphatic rings. The maximum atomic E-state index is 12.6. The molecule has 4 atom stereocenters. The van der Waals surface area contributed by atoms with Crippen LogP contribution in [0.1, 0.15) is 155 Å². The van der Waals surface area contributed by atoms with Gasteiger partial charge >= 0.3 is 35.8 Å². The average Bonchev–Trinajstić information content (AvgIpc) is 3.37. The van der Waals surface area contributed by atoms with Crippen molar-refractivity contribution in [2.75, 3.05) is 72.7 Å². The van der Waals surface area contributed by atoms with Crippen LogP contribution >= 0.6 is 0 Å². The van der Waals surface area contributed by atoms with Gasteiger partial charge in [0.1, 0.15) is 6.61 Å². The molecule has 0 bridgehead atoms. The van der Waals surface area contributed by atoms with Gasteiger partial charge in [-0.25, -0.2) is 28.8 Å². The molecule has 4 unspecified atom stereocenters. The van der Waals surface area contributed by atoms with Gasteiger partial charge in [-0.2, -0.15) is 0 Å². The van der Waals surface area contributed by atoms with Crippen molar-refractivity contribution in [2.24, 2.45) is 0 Å². The van der Waals surface area contributed by atoms with Crippen LogP contribution in [-0.2, 0) is 47.4 Å². The molecule has 0 amide bonds. The molecular formula is C53H72O17. The molecule has 0 radical (unpaired) electrons. The molecule has 3 aromatic carbocycles. The third kappa shape index (κ3) is 24.2. The van der Waals surface area contributed by atoms with Gasteiger partial charge in [-0.05, 0) is 133 Å². The fourth-order valence-corrected chi connectivity index (χ4v) is 6.37. The molecule has 0 spiro atoms. The highest BCUT2D eigenvalue weighted by Crippen LogP contribution is 2.14. The van der Waals surface area contributed by atoms with E-state index in [9.17, 15) is 28.8 Å².